The maximum Gasteiger partial charge on any atom is 0.155 e. The number of carbonyl (C=O) groups is 1. The van der Waals surface area contributed by atoms with Crippen LogP contribution in [-0.4, -0.2) is 29.3 Å². The summed E-state index contributed by atoms with van der Waals surface area (Å²) in [5.74, 6) is 0.433. The molecular formula is C16H33NO. The molecule has 0 aliphatic rings. The molecule has 1 atom stereocenters. The number of likely N-dealkylation sites (N-methyl/N-ethyl adjacent to an activating group) is 1. The van der Waals surface area contributed by atoms with Crippen molar-refractivity contribution >= 4 is 5.78 Å². The minimum Gasteiger partial charge on any atom is -0.297 e. The number of rotatable bonds is 8. The summed E-state index contributed by atoms with van der Waals surface area (Å²) in [4.78, 5) is 14.6. The van der Waals surface area contributed by atoms with E-state index in [2.05, 4.69) is 39.3 Å². The Labute approximate surface area is 114 Å². The van der Waals surface area contributed by atoms with Gasteiger partial charge in [-0.15, -0.1) is 6.58 Å². The van der Waals surface area contributed by atoms with Crippen molar-refractivity contribution in [2.24, 2.45) is 5.92 Å². The van der Waals surface area contributed by atoms with Gasteiger partial charge in [0.2, 0.25) is 0 Å². The van der Waals surface area contributed by atoms with Gasteiger partial charge in [-0.2, -0.15) is 0 Å². The summed E-state index contributed by atoms with van der Waals surface area (Å²) in [6.45, 7) is 14.1. The van der Waals surface area contributed by atoms with Crippen LogP contribution in [-0.2, 0) is 4.79 Å². The Hall–Kier alpha value is -0.630. The second kappa shape index (κ2) is 8.47. The summed E-state index contributed by atoms with van der Waals surface area (Å²) in [5, 5.41) is 0. The topological polar surface area (TPSA) is 20.3 Å². The fraction of sp³-hybridized carbons (Fsp3) is 0.812. The molecule has 2 nitrogen and oxygen atoms in total. The van der Waals surface area contributed by atoms with E-state index in [0.717, 1.165) is 19.3 Å². The fourth-order valence-corrected chi connectivity index (χ4v) is 2.26. The molecule has 0 aliphatic heterocycles. The van der Waals surface area contributed by atoms with Gasteiger partial charge >= 0.3 is 0 Å². The molecule has 18 heavy (non-hydrogen) atoms. The summed E-state index contributed by atoms with van der Waals surface area (Å²) in [6, 6.07) is 0.381. The number of nitrogens with zero attached hydrogens (tertiary/aromatic N) is 1. The van der Waals surface area contributed by atoms with Crippen LogP contribution in [0.1, 0.15) is 61.3 Å². The van der Waals surface area contributed by atoms with E-state index in [1.807, 2.05) is 19.9 Å². The predicted molar refractivity (Wildman–Crippen MR) is 81.9 cm³/mol. The first-order valence-corrected chi connectivity index (χ1v) is 6.65. The van der Waals surface area contributed by atoms with E-state index in [4.69, 9.17) is 0 Å². The Bertz CT molecular complexity index is 258. The summed E-state index contributed by atoms with van der Waals surface area (Å²) in [7, 11) is 2.05. The average molecular weight is 255 g/mol. The van der Waals surface area contributed by atoms with Crippen LogP contribution in [0.25, 0.3) is 0 Å². The molecule has 0 rings (SSSR count). The van der Waals surface area contributed by atoms with Crippen LogP contribution in [0.2, 0.25) is 0 Å². The van der Waals surface area contributed by atoms with E-state index < -0.39 is 0 Å². The van der Waals surface area contributed by atoms with Gasteiger partial charge in [-0.05, 0) is 47.1 Å². The molecule has 0 saturated heterocycles. The molecule has 1 unspecified atom stereocenters. The zero-order chi connectivity index (χ0) is 13.6. The van der Waals surface area contributed by atoms with E-state index in [0.29, 0.717) is 11.8 Å². The second-order valence-electron chi connectivity index (χ2n) is 5.68. The maximum absolute atomic E-state index is 12.4. The van der Waals surface area contributed by atoms with Crippen molar-refractivity contribution in [3.63, 3.8) is 0 Å². The molecule has 0 bridgehead atoms. The summed E-state index contributed by atoms with van der Waals surface area (Å²) < 4.78 is 0. The molecule has 0 aromatic heterocycles. The number of ketones is 1. The fourth-order valence-electron chi connectivity index (χ4n) is 2.26. The number of Topliss-reactive ketones (excluding diaryl/α,β-unsaturated/α-hetero) is 1. The minimum absolute atomic E-state index is 0. The Morgan fingerprint density at radius 1 is 1.33 bits per heavy atom. The first kappa shape index (κ1) is 19.7. The highest BCUT2D eigenvalue weighted by molar-refractivity contribution is 5.89. The lowest BCUT2D eigenvalue weighted by atomic mass is 9.82. The quantitative estimate of drug-likeness (QED) is 0.476. The van der Waals surface area contributed by atoms with Gasteiger partial charge in [-0.3, -0.25) is 9.69 Å². The highest BCUT2D eigenvalue weighted by Gasteiger charge is 2.38. The molecule has 0 fully saturated rings. The molecule has 0 saturated carbocycles. The predicted octanol–water partition coefficient (Wildman–Crippen LogP) is 4.30. The zero-order valence-electron chi connectivity index (χ0n) is 12.4. The molecular weight excluding hydrogens is 222 g/mol. The third-order valence-corrected chi connectivity index (χ3v) is 3.68. The van der Waals surface area contributed by atoms with Gasteiger partial charge in [0.25, 0.3) is 0 Å². The van der Waals surface area contributed by atoms with Crippen LogP contribution in [0.5, 0.6) is 0 Å². The summed E-state index contributed by atoms with van der Waals surface area (Å²) in [6.07, 6.45) is 4.84. The van der Waals surface area contributed by atoms with Crippen LogP contribution in [0.15, 0.2) is 12.7 Å². The molecule has 0 radical (unpaired) electrons. The molecule has 0 aromatic rings. The molecule has 108 valence electrons. The van der Waals surface area contributed by atoms with Gasteiger partial charge < -0.3 is 0 Å². The van der Waals surface area contributed by atoms with Gasteiger partial charge in [0.05, 0.1) is 5.54 Å². The van der Waals surface area contributed by atoms with Crippen LogP contribution >= 0.6 is 0 Å². The first-order chi connectivity index (χ1) is 7.77. The van der Waals surface area contributed by atoms with E-state index in [9.17, 15) is 4.79 Å². The Morgan fingerprint density at radius 2 is 1.83 bits per heavy atom. The Balaban J connectivity index is 0. The molecule has 0 aliphatic carbocycles. The number of hydrogen-bond acceptors (Lipinski definition) is 2. The smallest absolute Gasteiger partial charge is 0.155 e. The standard InChI is InChI=1S/C15H29NO.CH4/c1-8-9-10-11-15(6,14(17)12(2)3)16(7)13(4)5;/h8,12-13H,1,9-11H2,2-7H3;1H4. The zero-order valence-corrected chi connectivity index (χ0v) is 12.4. The summed E-state index contributed by atoms with van der Waals surface area (Å²) in [5.41, 5.74) is -0.342. The van der Waals surface area contributed by atoms with E-state index in [1.165, 1.54) is 0 Å². The number of carbonyl (C=O) groups excluding carboxylic acids is 1. The van der Waals surface area contributed by atoms with Crippen LogP contribution in [0.3, 0.4) is 0 Å². The Morgan fingerprint density at radius 3 is 2.17 bits per heavy atom. The maximum atomic E-state index is 12.4. The van der Waals surface area contributed by atoms with Gasteiger partial charge in [0.15, 0.2) is 5.78 Å². The lowest BCUT2D eigenvalue weighted by Gasteiger charge is -2.41. The van der Waals surface area contributed by atoms with E-state index >= 15 is 0 Å². The normalized spacial score (nSPS) is 14.5. The molecule has 0 amide bonds. The SMILES string of the molecule is C.C=CCCCC(C)(C(=O)C(C)C)N(C)C(C)C. The van der Waals surface area contributed by atoms with Gasteiger partial charge in [0.1, 0.15) is 0 Å². The van der Waals surface area contributed by atoms with Crippen LogP contribution in [0, 0.1) is 5.92 Å². The van der Waals surface area contributed by atoms with Crippen molar-refractivity contribution in [1.29, 1.82) is 0 Å². The third kappa shape index (κ3) is 4.93. The number of allylic oxidation sites excluding steroid dienone is 1. The molecule has 0 aromatic carbocycles. The van der Waals surface area contributed by atoms with Gasteiger partial charge in [-0.25, -0.2) is 0 Å². The lowest BCUT2D eigenvalue weighted by molar-refractivity contribution is -0.134. The third-order valence-electron chi connectivity index (χ3n) is 3.68. The first-order valence-electron chi connectivity index (χ1n) is 6.65. The van der Waals surface area contributed by atoms with Gasteiger partial charge in [0, 0.05) is 12.0 Å². The van der Waals surface area contributed by atoms with Crippen molar-refractivity contribution in [1.82, 2.24) is 4.90 Å². The van der Waals surface area contributed by atoms with Gasteiger partial charge in [-0.1, -0.05) is 27.4 Å². The molecule has 2 heteroatoms. The number of hydrogen-bond donors (Lipinski definition) is 0. The van der Waals surface area contributed by atoms with Crippen molar-refractivity contribution in [2.75, 3.05) is 7.05 Å². The minimum atomic E-state index is -0.342. The monoisotopic (exact) mass is 255 g/mol. The van der Waals surface area contributed by atoms with Crippen molar-refractivity contribution in [3.05, 3.63) is 12.7 Å². The van der Waals surface area contributed by atoms with Crippen molar-refractivity contribution in [2.45, 2.75) is 72.9 Å². The largest absolute Gasteiger partial charge is 0.297 e. The number of unbranched alkanes of at least 4 members (excludes halogenated alkanes) is 1. The highest BCUT2D eigenvalue weighted by atomic mass is 16.1. The van der Waals surface area contributed by atoms with Crippen LogP contribution < -0.4 is 0 Å². The molecule has 0 spiro atoms. The molecule has 0 N–H and O–H groups in total. The highest BCUT2D eigenvalue weighted by Crippen LogP contribution is 2.27. The van der Waals surface area contributed by atoms with Crippen molar-refractivity contribution in [3.8, 4) is 0 Å². The summed E-state index contributed by atoms with van der Waals surface area (Å²) >= 11 is 0. The molecule has 0 heterocycles. The van der Waals surface area contributed by atoms with Crippen molar-refractivity contribution < 1.29 is 4.79 Å². The van der Waals surface area contributed by atoms with Crippen LogP contribution in [0.4, 0.5) is 0 Å². The average Bonchev–Trinajstić information content (AvgIpc) is 2.26. The lowest BCUT2D eigenvalue weighted by Crippen LogP contribution is -2.54. The Kier molecular flexibility index (Phi) is 9.27. The second-order valence-corrected chi connectivity index (χ2v) is 5.68. The van der Waals surface area contributed by atoms with E-state index in [-0.39, 0.29) is 18.9 Å². The van der Waals surface area contributed by atoms with E-state index in [1.54, 1.807) is 0 Å².